The Labute approximate surface area is 120 Å². The number of rotatable bonds is 2. The van der Waals surface area contributed by atoms with Crippen molar-refractivity contribution in [3.8, 4) is 0 Å². The van der Waals surface area contributed by atoms with Crippen LogP contribution in [0.5, 0.6) is 0 Å². The lowest BCUT2D eigenvalue weighted by Crippen LogP contribution is -2.59. The summed E-state index contributed by atoms with van der Waals surface area (Å²) < 4.78 is 0. The fourth-order valence-corrected chi connectivity index (χ4v) is 2.85. The molecule has 0 aliphatic rings. The van der Waals surface area contributed by atoms with E-state index in [4.69, 9.17) is 0 Å². The van der Waals surface area contributed by atoms with Crippen molar-refractivity contribution in [2.45, 2.75) is 66.2 Å². The average Bonchev–Trinajstić information content (AvgIpc) is 2.19. The van der Waals surface area contributed by atoms with Gasteiger partial charge in [-0.05, 0) is 47.0 Å². The molecule has 2 heteroatoms. The number of benzene rings is 1. The Morgan fingerprint density at radius 3 is 1.63 bits per heavy atom. The first kappa shape index (κ1) is 16.3. The number of hydrogen-bond donors (Lipinski definition) is 0. The van der Waals surface area contributed by atoms with Crippen LogP contribution in [0.15, 0.2) is 18.2 Å². The first-order chi connectivity index (χ1) is 8.46. The molecule has 1 rings (SSSR count). The van der Waals surface area contributed by atoms with E-state index < -0.39 is 0 Å². The minimum atomic E-state index is 0.159. The maximum absolute atomic E-state index is 2.52. The van der Waals surface area contributed by atoms with Gasteiger partial charge < -0.3 is 4.81 Å². The maximum atomic E-state index is 2.52. The smallest absolute Gasteiger partial charge is 0.264 e. The Bertz CT molecular complexity index is 417. The molecular formula is C17H30BN. The molecule has 1 aromatic rings. The number of hydrogen-bond acceptors (Lipinski definition) is 1. The van der Waals surface area contributed by atoms with E-state index >= 15 is 0 Å². The van der Waals surface area contributed by atoms with Crippen LogP contribution >= 0.6 is 0 Å². The van der Waals surface area contributed by atoms with E-state index in [1.807, 2.05) is 0 Å². The second kappa shape index (κ2) is 5.32. The lowest BCUT2D eigenvalue weighted by atomic mass is 9.37. The van der Waals surface area contributed by atoms with Gasteiger partial charge in [0, 0.05) is 5.54 Å². The van der Waals surface area contributed by atoms with E-state index in [0.29, 0.717) is 6.85 Å². The molecule has 0 N–H and O–H groups in total. The topological polar surface area (TPSA) is 3.24 Å². The van der Waals surface area contributed by atoms with E-state index in [-0.39, 0.29) is 10.9 Å². The lowest BCUT2D eigenvalue weighted by molar-refractivity contribution is 0.285. The van der Waals surface area contributed by atoms with Crippen LogP contribution in [0.25, 0.3) is 0 Å². The molecule has 0 unspecified atom stereocenters. The Kier molecular flexibility index (Phi) is 4.56. The molecule has 0 bridgehead atoms. The molecule has 0 aliphatic carbocycles. The van der Waals surface area contributed by atoms with Crippen LogP contribution in [0, 0.1) is 13.8 Å². The molecule has 1 nitrogen and oxygen atoms in total. The summed E-state index contributed by atoms with van der Waals surface area (Å²) in [4.78, 5) is 2.52. The molecule has 0 saturated carbocycles. The molecule has 0 heterocycles. The van der Waals surface area contributed by atoms with E-state index in [2.05, 4.69) is 85.4 Å². The van der Waals surface area contributed by atoms with E-state index in [9.17, 15) is 0 Å². The Morgan fingerprint density at radius 1 is 0.895 bits per heavy atom. The van der Waals surface area contributed by atoms with Crippen LogP contribution in [-0.2, 0) is 0 Å². The molecular weight excluding hydrogens is 229 g/mol. The van der Waals surface area contributed by atoms with Crippen molar-refractivity contribution in [2.24, 2.45) is 0 Å². The summed E-state index contributed by atoms with van der Waals surface area (Å²) in [6, 6.07) is 6.63. The summed E-state index contributed by atoms with van der Waals surface area (Å²) in [7, 11) is 2.25. The van der Waals surface area contributed by atoms with Gasteiger partial charge in [-0.1, -0.05) is 55.6 Å². The normalized spacial score (nSPS) is 12.9. The van der Waals surface area contributed by atoms with E-state index in [0.717, 1.165) is 0 Å². The lowest BCUT2D eigenvalue weighted by Gasteiger charge is -2.44. The van der Waals surface area contributed by atoms with Crippen LogP contribution in [-0.4, -0.2) is 24.2 Å². The monoisotopic (exact) mass is 259 g/mol. The van der Waals surface area contributed by atoms with E-state index in [1.165, 1.54) is 16.6 Å². The van der Waals surface area contributed by atoms with Crippen molar-refractivity contribution in [2.75, 3.05) is 7.05 Å². The highest BCUT2D eigenvalue weighted by Crippen LogP contribution is 2.32. The summed E-state index contributed by atoms with van der Waals surface area (Å²) in [6.45, 7) is 18.8. The molecule has 0 amide bonds. The van der Waals surface area contributed by atoms with Gasteiger partial charge in [-0.3, -0.25) is 0 Å². The zero-order valence-corrected chi connectivity index (χ0v) is 14.3. The first-order valence-corrected chi connectivity index (χ1v) is 7.25. The molecule has 0 aliphatic heterocycles. The van der Waals surface area contributed by atoms with E-state index in [1.54, 1.807) is 0 Å². The average molecular weight is 259 g/mol. The zero-order chi connectivity index (χ0) is 15.0. The Hall–Kier alpha value is -0.755. The van der Waals surface area contributed by atoms with Gasteiger partial charge in [0.25, 0.3) is 6.85 Å². The predicted molar refractivity (Wildman–Crippen MR) is 88.5 cm³/mol. The van der Waals surface area contributed by atoms with Crippen LogP contribution < -0.4 is 5.46 Å². The van der Waals surface area contributed by atoms with Crippen molar-refractivity contribution in [3.63, 3.8) is 0 Å². The highest BCUT2D eigenvalue weighted by molar-refractivity contribution is 6.74. The Balaban J connectivity index is 3.42. The largest absolute Gasteiger partial charge is 0.336 e. The molecule has 0 saturated heterocycles. The van der Waals surface area contributed by atoms with Gasteiger partial charge in [-0.2, -0.15) is 0 Å². The summed E-state index contributed by atoms with van der Waals surface area (Å²) in [5, 5.41) is 0.207. The molecule has 0 atom stereocenters. The van der Waals surface area contributed by atoms with Crippen molar-refractivity contribution < 1.29 is 0 Å². The molecule has 0 spiro atoms. The second-order valence-corrected chi connectivity index (χ2v) is 7.86. The highest BCUT2D eigenvalue weighted by atomic mass is 15.1. The van der Waals surface area contributed by atoms with Crippen LogP contribution in [0.3, 0.4) is 0 Å². The van der Waals surface area contributed by atoms with Gasteiger partial charge in [-0.15, -0.1) is 0 Å². The predicted octanol–water partition coefficient (Wildman–Crippen LogP) is 4.03. The molecule has 1 aromatic carbocycles. The first-order valence-electron chi connectivity index (χ1n) is 7.25. The third-order valence-electron chi connectivity index (χ3n) is 4.08. The molecule has 0 aromatic heterocycles. The fraction of sp³-hybridized carbons (Fsp3) is 0.647. The van der Waals surface area contributed by atoms with Gasteiger partial charge in [0.15, 0.2) is 0 Å². The van der Waals surface area contributed by atoms with Crippen molar-refractivity contribution in [1.82, 2.24) is 4.81 Å². The standard InChI is InChI=1S/C17H30BN/c1-13-11-10-12-14(2)15(13)18(16(3,4)5)19(9)17(6,7)8/h10-12H,1-9H3. The summed E-state index contributed by atoms with van der Waals surface area (Å²) in [6.07, 6.45) is 0. The molecule has 106 valence electrons. The number of aryl methyl sites for hydroxylation is 2. The molecule has 0 fully saturated rings. The third-order valence-corrected chi connectivity index (χ3v) is 4.08. The summed E-state index contributed by atoms with van der Waals surface area (Å²) in [5.74, 6) is 0. The summed E-state index contributed by atoms with van der Waals surface area (Å²) >= 11 is 0. The quantitative estimate of drug-likeness (QED) is 0.725. The second-order valence-electron chi connectivity index (χ2n) is 7.86. The van der Waals surface area contributed by atoms with Crippen molar-refractivity contribution in [1.29, 1.82) is 0 Å². The van der Waals surface area contributed by atoms with Crippen LogP contribution in [0.2, 0.25) is 5.31 Å². The van der Waals surface area contributed by atoms with Crippen LogP contribution in [0.1, 0.15) is 52.7 Å². The van der Waals surface area contributed by atoms with Crippen LogP contribution in [0.4, 0.5) is 0 Å². The SMILES string of the molecule is Cc1cccc(C)c1B(N(C)C(C)(C)C)C(C)(C)C. The van der Waals surface area contributed by atoms with Gasteiger partial charge >= 0.3 is 0 Å². The minimum Gasteiger partial charge on any atom is -0.336 e. The van der Waals surface area contributed by atoms with Crippen molar-refractivity contribution >= 4 is 12.3 Å². The molecule has 19 heavy (non-hydrogen) atoms. The van der Waals surface area contributed by atoms with Gasteiger partial charge in [0.05, 0.1) is 0 Å². The van der Waals surface area contributed by atoms with Gasteiger partial charge in [0.2, 0.25) is 0 Å². The maximum Gasteiger partial charge on any atom is 0.264 e. The Morgan fingerprint density at radius 2 is 1.32 bits per heavy atom. The fourth-order valence-electron chi connectivity index (χ4n) is 2.85. The van der Waals surface area contributed by atoms with Crippen molar-refractivity contribution in [3.05, 3.63) is 29.3 Å². The molecule has 0 radical (unpaired) electrons. The van der Waals surface area contributed by atoms with Gasteiger partial charge in [-0.25, -0.2) is 0 Å². The summed E-state index contributed by atoms with van der Waals surface area (Å²) in [5.41, 5.74) is 4.45. The van der Waals surface area contributed by atoms with Gasteiger partial charge in [0.1, 0.15) is 0 Å². The minimum absolute atomic E-state index is 0.159. The third kappa shape index (κ3) is 3.63. The number of nitrogens with zero attached hydrogens (tertiary/aromatic N) is 1. The highest BCUT2D eigenvalue weighted by Gasteiger charge is 2.40. The zero-order valence-electron chi connectivity index (χ0n) is 14.3.